The van der Waals surface area contributed by atoms with Gasteiger partial charge in [0.05, 0.1) is 16.1 Å². The highest BCUT2D eigenvalue weighted by Gasteiger charge is 2.18. The van der Waals surface area contributed by atoms with Gasteiger partial charge in [-0.15, -0.1) is 11.3 Å². The van der Waals surface area contributed by atoms with Crippen LogP contribution in [0.5, 0.6) is 0 Å². The zero-order chi connectivity index (χ0) is 19.5. The number of rotatable bonds is 5. The van der Waals surface area contributed by atoms with Gasteiger partial charge in [0.2, 0.25) is 5.91 Å². The summed E-state index contributed by atoms with van der Waals surface area (Å²) in [6, 6.07) is 24.2. The highest BCUT2D eigenvalue weighted by Crippen LogP contribution is 2.31. The lowest BCUT2D eigenvalue weighted by atomic mass is 9.95. The summed E-state index contributed by atoms with van der Waals surface area (Å²) in [5, 5.41) is 4.04. The van der Waals surface area contributed by atoms with Gasteiger partial charge in [0.15, 0.2) is 0 Å². The number of benzene rings is 3. The van der Waals surface area contributed by atoms with Gasteiger partial charge < -0.3 is 5.32 Å². The minimum atomic E-state index is -0.145. The second-order valence-corrected chi connectivity index (χ2v) is 7.96. The Labute approximate surface area is 169 Å². The van der Waals surface area contributed by atoms with E-state index in [1.807, 2.05) is 61.5 Å². The predicted octanol–water partition coefficient (Wildman–Crippen LogP) is 6.40. The van der Waals surface area contributed by atoms with Crippen LogP contribution in [0.4, 0.5) is 5.69 Å². The number of nitrogens with zero attached hydrogens (tertiary/aromatic N) is 1. The van der Waals surface area contributed by atoms with Crippen LogP contribution >= 0.6 is 11.3 Å². The lowest BCUT2D eigenvalue weighted by Gasteiger charge is -2.15. The van der Waals surface area contributed by atoms with Crippen LogP contribution in [0.15, 0.2) is 72.8 Å². The molecule has 1 aromatic heterocycles. The minimum absolute atomic E-state index is 0.0249. The molecule has 0 fully saturated rings. The Hall–Kier alpha value is -2.98. The van der Waals surface area contributed by atoms with Crippen molar-refractivity contribution in [1.29, 1.82) is 0 Å². The van der Waals surface area contributed by atoms with Gasteiger partial charge in [-0.05, 0) is 60.9 Å². The molecule has 3 aromatic carbocycles. The maximum Gasteiger partial charge on any atom is 0.231 e. The predicted molar refractivity (Wildman–Crippen MR) is 118 cm³/mol. The first-order chi connectivity index (χ1) is 13.6. The Morgan fingerprint density at radius 3 is 2.50 bits per heavy atom. The van der Waals surface area contributed by atoms with Crippen LogP contribution in [0.2, 0.25) is 0 Å². The molecule has 4 rings (SSSR count). The number of aryl methyl sites for hydroxylation is 1. The SMILES string of the molecule is CC[C@@H](C(=O)Nc1ccc(-c2nc3ccc(C)cc3s2)cc1)c1ccccc1. The quantitative estimate of drug-likeness (QED) is 0.431. The van der Waals surface area contributed by atoms with Gasteiger partial charge in [-0.25, -0.2) is 4.98 Å². The molecular formula is C24H22N2OS. The first-order valence-electron chi connectivity index (χ1n) is 9.47. The topological polar surface area (TPSA) is 42.0 Å². The fraction of sp³-hybridized carbons (Fsp3) is 0.167. The number of carbonyl (C=O) groups is 1. The van der Waals surface area contributed by atoms with E-state index >= 15 is 0 Å². The summed E-state index contributed by atoms with van der Waals surface area (Å²) in [5.74, 6) is -0.120. The van der Waals surface area contributed by atoms with Crippen LogP contribution in [0.25, 0.3) is 20.8 Å². The molecule has 0 aliphatic carbocycles. The smallest absolute Gasteiger partial charge is 0.231 e. The fourth-order valence-electron chi connectivity index (χ4n) is 3.34. The summed E-state index contributed by atoms with van der Waals surface area (Å²) in [5.41, 5.74) is 5.18. The van der Waals surface area contributed by atoms with Crippen molar-refractivity contribution in [2.75, 3.05) is 5.32 Å². The van der Waals surface area contributed by atoms with E-state index < -0.39 is 0 Å². The normalized spacial score (nSPS) is 12.1. The Morgan fingerprint density at radius 2 is 1.79 bits per heavy atom. The number of anilines is 1. The molecule has 0 saturated heterocycles. The molecule has 28 heavy (non-hydrogen) atoms. The number of thiazole rings is 1. The van der Waals surface area contributed by atoms with Crippen molar-refractivity contribution in [3.05, 3.63) is 83.9 Å². The van der Waals surface area contributed by atoms with Crippen molar-refractivity contribution in [3.8, 4) is 10.6 Å². The Morgan fingerprint density at radius 1 is 1.04 bits per heavy atom. The molecule has 0 radical (unpaired) electrons. The third-order valence-corrected chi connectivity index (χ3v) is 5.94. The van der Waals surface area contributed by atoms with Gasteiger partial charge in [0.1, 0.15) is 5.01 Å². The number of hydrogen-bond acceptors (Lipinski definition) is 3. The van der Waals surface area contributed by atoms with E-state index in [9.17, 15) is 4.79 Å². The second kappa shape index (κ2) is 7.95. The maximum atomic E-state index is 12.7. The van der Waals surface area contributed by atoms with Crippen molar-refractivity contribution in [2.24, 2.45) is 0 Å². The highest BCUT2D eigenvalue weighted by molar-refractivity contribution is 7.21. The second-order valence-electron chi connectivity index (χ2n) is 6.93. The van der Waals surface area contributed by atoms with Crippen LogP contribution in [0.1, 0.15) is 30.4 Å². The van der Waals surface area contributed by atoms with E-state index in [-0.39, 0.29) is 11.8 Å². The minimum Gasteiger partial charge on any atom is -0.326 e. The first kappa shape index (κ1) is 18.4. The number of amides is 1. The van der Waals surface area contributed by atoms with Gasteiger partial charge in [0, 0.05) is 11.3 Å². The third kappa shape index (κ3) is 3.82. The molecule has 1 amide bonds. The molecule has 0 saturated carbocycles. The van der Waals surface area contributed by atoms with Crippen LogP contribution in [0, 0.1) is 6.92 Å². The van der Waals surface area contributed by atoms with Gasteiger partial charge in [-0.1, -0.05) is 43.3 Å². The molecule has 0 spiro atoms. The number of hydrogen-bond donors (Lipinski definition) is 1. The van der Waals surface area contributed by atoms with Crippen molar-refractivity contribution >= 4 is 33.1 Å². The molecule has 0 aliphatic rings. The number of fused-ring (bicyclic) bond motifs is 1. The first-order valence-corrected chi connectivity index (χ1v) is 10.3. The van der Waals surface area contributed by atoms with Gasteiger partial charge in [0.25, 0.3) is 0 Å². The van der Waals surface area contributed by atoms with E-state index in [0.717, 1.165) is 33.8 Å². The van der Waals surface area contributed by atoms with Gasteiger partial charge in [-0.3, -0.25) is 4.79 Å². The van der Waals surface area contributed by atoms with Crippen LogP contribution < -0.4 is 5.32 Å². The summed E-state index contributed by atoms with van der Waals surface area (Å²) in [6.45, 7) is 4.13. The summed E-state index contributed by atoms with van der Waals surface area (Å²) in [4.78, 5) is 17.5. The molecule has 140 valence electrons. The molecule has 3 nitrogen and oxygen atoms in total. The standard InChI is InChI=1S/C24H22N2OS/c1-3-20(17-7-5-4-6-8-17)23(27)25-19-12-10-18(11-13-19)24-26-21-14-9-16(2)15-22(21)28-24/h4-15,20H,3H2,1-2H3,(H,25,27)/t20-/m1/s1. The van der Waals surface area contributed by atoms with Gasteiger partial charge >= 0.3 is 0 Å². The average Bonchev–Trinajstić information content (AvgIpc) is 3.13. The molecule has 1 atom stereocenters. The molecular weight excluding hydrogens is 364 g/mol. The van der Waals surface area contributed by atoms with E-state index in [1.54, 1.807) is 11.3 Å². The summed E-state index contributed by atoms with van der Waals surface area (Å²) in [7, 11) is 0. The number of nitrogens with one attached hydrogen (secondary N) is 1. The van der Waals surface area contributed by atoms with Crippen LogP contribution in [-0.4, -0.2) is 10.9 Å². The molecule has 0 unspecified atom stereocenters. The number of aromatic nitrogens is 1. The molecule has 0 bridgehead atoms. The monoisotopic (exact) mass is 386 g/mol. The summed E-state index contributed by atoms with van der Waals surface area (Å²) < 4.78 is 1.20. The molecule has 0 aliphatic heterocycles. The van der Waals surface area contributed by atoms with E-state index in [0.29, 0.717) is 0 Å². The largest absolute Gasteiger partial charge is 0.326 e. The van der Waals surface area contributed by atoms with Crippen LogP contribution in [0.3, 0.4) is 0 Å². The maximum absolute atomic E-state index is 12.7. The highest BCUT2D eigenvalue weighted by atomic mass is 32.1. The van der Waals surface area contributed by atoms with Gasteiger partial charge in [-0.2, -0.15) is 0 Å². The molecule has 1 heterocycles. The van der Waals surface area contributed by atoms with Crippen molar-refractivity contribution in [2.45, 2.75) is 26.2 Å². The average molecular weight is 387 g/mol. The Kier molecular flexibility index (Phi) is 5.22. The van der Waals surface area contributed by atoms with Crippen molar-refractivity contribution in [1.82, 2.24) is 4.98 Å². The lowest BCUT2D eigenvalue weighted by Crippen LogP contribution is -2.20. The van der Waals surface area contributed by atoms with E-state index in [2.05, 4.69) is 30.4 Å². The fourth-order valence-corrected chi connectivity index (χ4v) is 4.41. The van der Waals surface area contributed by atoms with E-state index in [4.69, 9.17) is 4.98 Å². The zero-order valence-electron chi connectivity index (χ0n) is 16.0. The number of carbonyl (C=O) groups excluding carboxylic acids is 1. The molecule has 4 aromatic rings. The molecule has 4 heteroatoms. The third-order valence-electron chi connectivity index (χ3n) is 4.87. The Balaban J connectivity index is 1.51. The Bertz CT molecular complexity index is 1100. The summed E-state index contributed by atoms with van der Waals surface area (Å²) >= 11 is 1.69. The van der Waals surface area contributed by atoms with E-state index in [1.165, 1.54) is 10.3 Å². The summed E-state index contributed by atoms with van der Waals surface area (Å²) in [6.07, 6.45) is 0.763. The zero-order valence-corrected chi connectivity index (χ0v) is 16.8. The van der Waals surface area contributed by atoms with Crippen LogP contribution in [-0.2, 0) is 4.79 Å². The lowest BCUT2D eigenvalue weighted by molar-refractivity contribution is -0.117. The molecule has 1 N–H and O–H groups in total. The van der Waals surface area contributed by atoms with Crippen molar-refractivity contribution in [3.63, 3.8) is 0 Å². The van der Waals surface area contributed by atoms with Crippen molar-refractivity contribution < 1.29 is 4.79 Å².